The average molecular weight is 450 g/mol. The Hall–Kier alpha value is -3.14. The van der Waals surface area contributed by atoms with Crippen LogP contribution in [0.1, 0.15) is 44.5 Å². The van der Waals surface area contributed by atoms with Gasteiger partial charge in [0, 0.05) is 18.7 Å². The molecule has 1 aromatic carbocycles. The molecule has 1 saturated heterocycles. The number of benzene rings is 1. The molecule has 2 atom stereocenters. The van der Waals surface area contributed by atoms with Crippen molar-refractivity contribution in [3.8, 4) is 5.75 Å². The number of ether oxygens (including phenoxy) is 3. The number of nitrogens with zero attached hydrogens (tertiary/aromatic N) is 1. The lowest BCUT2D eigenvalue weighted by molar-refractivity contribution is -0.157. The molecule has 10 heteroatoms. The van der Waals surface area contributed by atoms with Crippen LogP contribution in [0, 0.1) is 0 Å². The summed E-state index contributed by atoms with van der Waals surface area (Å²) in [4.78, 5) is 49.5. The van der Waals surface area contributed by atoms with E-state index in [2.05, 4.69) is 5.32 Å². The summed E-state index contributed by atoms with van der Waals surface area (Å²) >= 11 is 0. The molecule has 0 saturated carbocycles. The van der Waals surface area contributed by atoms with Crippen LogP contribution in [0.3, 0.4) is 0 Å². The Balaban J connectivity index is 2.03. The molecule has 2 N–H and O–H groups in total. The van der Waals surface area contributed by atoms with E-state index in [0.29, 0.717) is 18.7 Å². The average Bonchev–Trinajstić information content (AvgIpc) is 3.18. The van der Waals surface area contributed by atoms with Gasteiger partial charge in [0.05, 0.1) is 12.6 Å². The van der Waals surface area contributed by atoms with Crippen molar-refractivity contribution < 1.29 is 38.5 Å². The van der Waals surface area contributed by atoms with Crippen LogP contribution >= 0.6 is 0 Å². The van der Waals surface area contributed by atoms with Gasteiger partial charge in [-0.1, -0.05) is 0 Å². The van der Waals surface area contributed by atoms with Crippen LogP contribution in [-0.4, -0.2) is 77.8 Å². The molecule has 2 amide bonds. The number of carbonyl (C=O) groups excluding carboxylic acids is 3. The highest BCUT2D eigenvalue weighted by molar-refractivity contribution is 6.12. The number of amides is 2. The van der Waals surface area contributed by atoms with Crippen molar-refractivity contribution >= 4 is 23.8 Å². The third kappa shape index (κ3) is 7.52. The minimum Gasteiger partial charge on any atom is -0.482 e. The van der Waals surface area contributed by atoms with Crippen molar-refractivity contribution in [2.24, 2.45) is 0 Å². The van der Waals surface area contributed by atoms with Crippen LogP contribution in [0.25, 0.3) is 0 Å². The SMILES string of the molecule is CCNC(=O)[C@@H](O[C@@H]1CCN(C(=O)O)C1)C(=O)c1ccc(OCC(=O)OC(C)(C)C)cc1. The van der Waals surface area contributed by atoms with Crippen LogP contribution in [0.15, 0.2) is 24.3 Å². The Morgan fingerprint density at radius 1 is 1.19 bits per heavy atom. The van der Waals surface area contributed by atoms with Crippen LogP contribution in [0.5, 0.6) is 5.75 Å². The molecule has 1 fully saturated rings. The summed E-state index contributed by atoms with van der Waals surface area (Å²) in [7, 11) is 0. The summed E-state index contributed by atoms with van der Waals surface area (Å²) < 4.78 is 16.3. The highest BCUT2D eigenvalue weighted by Gasteiger charge is 2.35. The molecule has 2 rings (SSSR count). The van der Waals surface area contributed by atoms with E-state index < -0.39 is 41.6 Å². The fourth-order valence-corrected chi connectivity index (χ4v) is 3.10. The highest BCUT2D eigenvalue weighted by Crippen LogP contribution is 2.19. The maximum absolute atomic E-state index is 13.0. The molecule has 0 unspecified atom stereocenters. The van der Waals surface area contributed by atoms with Gasteiger partial charge < -0.3 is 29.5 Å². The molecule has 0 radical (unpaired) electrons. The van der Waals surface area contributed by atoms with Crippen molar-refractivity contribution in [3.05, 3.63) is 29.8 Å². The summed E-state index contributed by atoms with van der Waals surface area (Å²) in [6, 6.07) is 5.96. The van der Waals surface area contributed by atoms with Gasteiger partial charge in [-0.15, -0.1) is 0 Å². The monoisotopic (exact) mass is 450 g/mol. The third-order valence-electron chi connectivity index (χ3n) is 4.49. The van der Waals surface area contributed by atoms with Gasteiger partial charge in [0.15, 0.2) is 12.7 Å². The molecule has 32 heavy (non-hydrogen) atoms. The zero-order valence-electron chi connectivity index (χ0n) is 18.8. The predicted molar refractivity (Wildman–Crippen MR) is 114 cm³/mol. The molecule has 0 bridgehead atoms. The third-order valence-corrected chi connectivity index (χ3v) is 4.49. The van der Waals surface area contributed by atoms with Crippen molar-refractivity contribution in [3.63, 3.8) is 0 Å². The summed E-state index contributed by atoms with van der Waals surface area (Å²) in [6.07, 6.45) is -2.63. The number of Topliss-reactive ketones (excluding diaryl/α,β-unsaturated/α-hetero) is 1. The Kier molecular flexibility index (Phi) is 8.59. The predicted octanol–water partition coefficient (Wildman–Crippen LogP) is 1.86. The fraction of sp³-hybridized carbons (Fsp3) is 0.545. The van der Waals surface area contributed by atoms with Gasteiger partial charge in [-0.3, -0.25) is 9.59 Å². The number of rotatable bonds is 9. The fourth-order valence-electron chi connectivity index (χ4n) is 3.10. The molecule has 0 aliphatic carbocycles. The van der Waals surface area contributed by atoms with E-state index in [1.807, 2.05) is 0 Å². The smallest absolute Gasteiger partial charge is 0.407 e. The number of hydrogen-bond acceptors (Lipinski definition) is 7. The molecular weight excluding hydrogens is 420 g/mol. The molecule has 176 valence electrons. The summed E-state index contributed by atoms with van der Waals surface area (Å²) in [6.45, 7) is 7.38. The summed E-state index contributed by atoms with van der Waals surface area (Å²) in [5.74, 6) is -1.30. The minimum atomic E-state index is -1.40. The van der Waals surface area contributed by atoms with Crippen molar-refractivity contribution in [1.29, 1.82) is 0 Å². The minimum absolute atomic E-state index is 0.0932. The Bertz CT molecular complexity index is 831. The topological polar surface area (TPSA) is 131 Å². The van der Waals surface area contributed by atoms with Gasteiger partial charge >= 0.3 is 12.1 Å². The lowest BCUT2D eigenvalue weighted by Gasteiger charge is -2.21. The van der Waals surface area contributed by atoms with Crippen molar-refractivity contribution in [2.75, 3.05) is 26.2 Å². The van der Waals surface area contributed by atoms with Gasteiger partial charge in [0.1, 0.15) is 11.4 Å². The van der Waals surface area contributed by atoms with E-state index in [9.17, 15) is 19.2 Å². The van der Waals surface area contributed by atoms with E-state index in [4.69, 9.17) is 19.3 Å². The van der Waals surface area contributed by atoms with Crippen molar-refractivity contribution in [1.82, 2.24) is 10.2 Å². The molecular formula is C22H30N2O8. The number of likely N-dealkylation sites (tertiary alicyclic amines) is 1. The van der Waals surface area contributed by atoms with Gasteiger partial charge in [-0.05, 0) is 58.4 Å². The van der Waals surface area contributed by atoms with Crippen LogP contribution < -0.4 is 10.1 Å². The first-order chi connectivity index (χ1) is 15.0. The first-order valence-electron chi connectivity index (χ1n) is 10.4. The van der Waals surface area contributed by atoms with Crippen molar-refractivity contribution in [2.45, 2.75) is 51.9 Å². The number of hydrogen-bond donors (Lipinski definition) is 2. The molecule has 10 nitrogen and oxygen atoms in total. The number of carboxylic acid groups (broad SMARTS) is 1. The normalized spacial score (nSPS) is 16.9. The van der Waals surface area contributed by atoms with E-state index >= 15 is 0 Å². The number of esters is 1. The Morgan fingerprint density at radius 2 is 1.84 bits per heavy atom. The zero-order chi connectivity index (χ0) is 23.9. The molecule has 0 spiro atoms. The largest absolute Gasteiger partial charge is 0.482 e. The Morgan fingerprint density at radius 3 is 2.38 bits per heavy atom. The zero-order valence-corrected chi connectivity index (χ0v) is 18.8. The first kappa shape index (κ1) is 25.1. The lowest BCUT2D eigenvalue weighted by atomic mass is 10.0. The van der Waals surface area contributed by atoms with Gasteiger partial charge in [-0.2, -0.15) is 0 Å². The van der Waals surface area contributed by atoms with E-state index in [-0.39, 0.29) is 25.3 Å². The quantitative estimate of drug-likeness (QED) is 0.331. The van der Waals surface area contributed by atoms with Gasteiger partial charge in [-0.25, -0.2) is 9.59 Å². The molecule has 0 aromatic heterocycles. The van der Waals surface area contributed by atoms with Crippen LogP contribution in [0.4, 0.5) is 4.79 Å². The van der Waals surface area contributed by atoms with E-state index in [0.717, 1.165) is 0 Å². The maximum Gasteiger partial charge on any atom is 0.407 e. The molecule has 1 heterocycles. The molecule has 1 aromatic rings. The lowest BCUT2D eigenvalue weighted by Crippen LogP contribution is -2.44. The van der Waals surface area contributed by atoms with Crippen LogP contribution in [0.2, 0.25) is 0 Å². The van der Waals surface area contributed by atoms with E-state index in [1.54, 1.807) is 27.7 Å². The van der Waals surface area contributed by atoms with E-state index in [1.165, 1.54) is 29.2 Å². The summed E-state index contributed by atoms with van der Waals surface area (Å²) in [5, 5.41) is 11.7. The summed E-state index contributed by atoms with van der Waals surface area (Å²) in [5.41, 5.74) is -0.398. The Labute approximate surface area is 186 Å². The first-order valence-corrected chi connectivity index (χ1v) is 10.4. The molecule has 1 aliphatic rings. The number of nitrogens with one attached hydrogen (secondary N) is 1. The highest BCUT2D eigenvalue weighted by atomic mass is 16.6. The number of likely N-dealkylation sites (N-methyl/N-ethyl adjacent to an activating group) is 1. The van der Waals surface area contributed by atoms with Crippen LogP contribution in [-0.2, 0) is 19.1 Å². The second-order valence-electron chi connectivity index (χ2n) is 8.31. The number of ketones is 1. The second-order valence-corrected chi connectivity index (χ2v) is 8.31. The van der Waals surface area contributed by atoms with Gasteiger partial charge in [0.2, 0.25) is 5.78 Å². The molecule has 1 aliphatic heterocycles. The number of carbonyl (C=O) groups is 4. The second kappa shape index (κ2) is 10.9. The standard InChI is InChI=1S/C22H30N2O8/c1-5-23-20(27)19(31-16-10-11-24(12-16)21(28)29)18(26)14-6-8-15(9-7-14)30-13-17(25)32-22(2,3)4/h6-9,16,19H,5,10-13H2,1-4H3,(H,23,27)(H,28,29)/t16-,19+/m1/s1. The maximum atomic E-state index is 13.0. The van der Waals surface area contributed by atoms with Gasteiger partial charge in [0.25, 0.3) is 5.91 Å².